The fraction of sp³-hybridized carbons (Fsp3) is 1.00. The van der Waals surface area contributed by atoms with E-state index in [2.05, 4.69) is 5.32 Å². The molecule has 13 heavy (non-hydrogen) atoms. The topological polar surface area (TPSA) is 32.3 Å². The van der Waals surface area contributed by atoms with Crippen molar-refractivity contribution in [2.45, 2.75) is 50.3 Å². The molecular weight excluding hydrogens is 182 g/mol. The van der Waals surface area contributed by atoms with Crippen LogP contribution >= 0.6 is 11.8 Å². The molecule has 0 spiro atoms. The van der Waals surface area contributed by atoms with Crippen LogP contribution in [-0.4, -0.2) is 34.3 Å². The van der Waals surface area contributed by atoms with Gasteiger partial charge in [0.15, 0.2) is 0 Å². The Morgan fingerprint density at radius 3 is 2.85 bits per heavy atom. The summed E-state index contributed by atoms with van der Waals surface area (Å²) in [4.78, 5) is 0. The average Bonchev–Trinajstić information content (AvgIpc) is 2.63. The van der Waals surface area contributed by atoms with Gasteiger partial charge in [-0.2, -0.15) is 11.8 Å². The van der Waals surface area contributed by atoms with E-state index < -0.39 is 5.60 Å². The van der Waals surface area contributed by atoms with Crippen molar-refractivity contribution in [2.75, 3.05) is 11.5 Å². The molecule has 1 aliphatic heterocycles. The minimum Gasteiger partial charge on any atom is -0.389 e. The van der Waals surface area contributed by atoms with Crippen molar-refractivity contribution in [3.63, 3.8) is 0 Å². The Balaban J connectivity index is 1.86. The van der Waals surface area contributed by atoms with Crippen molar-refractivity contribution in [3.8, 4) is 0 Å². The van der Waals surface area contributed by atoms with Crippen LogP contribution in [-0.2, 0) is 0 Å². The molecular formula is C10H19NOS. The molecule has 2 N–H and O–H groups in total. The standard InChI is InChI=1S/C10H19NOS/c1-10(12)5-2-3-9(10)11-8-4-6-13-7-8/h8-9,11-12H,2-7H2,1H3. The summed E-state index contributed by atoms with van der Waals surface area (Å²) < 4.78 is 0. The normalized spacial score (nSPS) is 45.7. The number of thioether (sulfide) groups is 1. The molecule has 0 bridgehead atoms. The zero-order chi connectivity index (χ0) is 9.31. The molecule has 3 atom stereocenters. The summed E-state index contributed by atoms with van der Waals surface area (Å²) in [5.74, 6) is 2.51. The van der Waals surface area contributed by atoms with Gasteiger partial charge in [0.2, 0.25) is 0 Å². The molecule has 0 aromatic rings. The van der Waals surface area contributed by atoms with Gasteiger partial charge in [0.1, 0.15) is 0 Å². The molecule has 3 unspecified atom stereocenters. The van der Waals surface area contributed by atoms with E-state index in [0.717, 1.165) is 12.8 Å². The molecule has 0 aromatic heterocycles. The number of rotatable bonds is 2. The van der Waals surface area contributed by atoms with E-state index in [4.69, 9.17) is 0 Å². The van der Waals surface area contributed by atoms with Crippen LogP contribution in [0.2, 0.25) is 0 Å². The lowest BCUT2D eigenvalue weighted by molar-refractivity contribution is 0.0362. The monoisotopic (exact) mass is 201 g/mol. The highest BCUT2D eigenvalue weighted by molar-refractivity contribution is 7.99. The van der Waals surface area contributed by atoms with Crippen molar-refractivity contribution in [2.24, 2.45) is 0 Å². The summed E-state index contributed by atoms with van der Waals surface area (Å²) in [5, 5.41) is 13.6. The third-order valence-electron chi connectivity index (χ3n) is 3.29. The maximum Gasteiger partial charge on any atom is 0.0772 e. The molecule has 2 aliphatic rings. The third-order valence-corrected chi connectivity index (χ3v) is 4.46. The van der Waals surface area contributed by atoms with E-state index in [0.29, 0.717) is 12.1 Å². The van der Waals surface area contributed by atoms with Crippen LogP contribution in [0.1, 0.15) is 32.6 Å². The summed E-state index contributed by atoms with van der Waals surface area (Å²) >= 11 is 2.02. The molecule has 2 rings (SSSR count). The van der Waals surface area contributed by atoms with Gasteiger partial charge in [-0.15, -0.1) is 0 Å². The zero-order valence-electron chi connectivity index (χ0n) is 8.25. The van der Waals surface area contributed by atoms with Crippen molar-refractivity contribution in [1.82, 2.24) is 5.32 Å². The fourth-order valence-electron chi connectivity index (χ4n) is 2.36. The second kappa shape index (κ2) is 3.79. The Bertz CT molecular complexity index is 178. The van der Waals surface area contributed by atoms with Gasteiger partial charge >= 0.3 is 0 Å². The van der Waals surface area contributed by atoms with E-state index in [-0.39, 0.29) is 0 Å². The van der Waals surface area contributed by atoms with Crippen LogP contribution in [0.5, 0.6) is 0 Å². The van der Waals surface area contributed by atoms with Crippen LogP contribution in [0.4, 0.5) is 0 Å². The van der Waals surface area contributed by atoms with Crippen LogP contribution in [0.3, 0.4) is 0 Å². The van der Waals surface area contributed by atoms with Crippen LogP contribution < -0.4 is 5.32 Å². The van der Waals surface area contributed by atoms with E-state index in [9.17, 15) is 5.11 Å². The maximum atomic E-state index is 10.0. The second-order valence-electron chi connectivity index (χ2n) is 4.53. The highest BCUT2D eigenvalue weighted by Gasteiger charge is 2.37. The van der Waals surface area contributed by atoms with Gasteiger partial charge in [-0.3, -0.25) is 0 Å². The highest BCUT2D eigenvalue weighted by Crippen LogP contribution is 2.31. The second-order valence-corrected chi connectivity index (χ2v) is 5.68. The highest BCUT2D eigenvalue weighted by atomic mass is 32.2. The Labute approximate surface area is 84.5 Å². The van der Waals surface area contributed by atoms with Gasteiger partial charge in [-0.05, 0) is 38.4 Å². The van der Waals surface area contributed by atoms with Gasteiger partial charge in [-0.1, -0.05) is 0 Å². The van der Waals surface area contributed by atoms with Gasteiger partial charge in [-0.25, -0.2) is 0 Å². The lowest BCUT2D eigenvalue weighted by atomic mass is 9.99. The molecule has 0 aromatic carbocycles. The SMILES string of the molecule is CC1(O)CCCC1NC1CCSC1. The molecule has 2 fully saturated rings. The van der Waals surface area contributed by atoms with Gasteiger partial charge in [0.05, 0.1) is 5.60 Å². The van der Waals surface area contributed by atoms with Crippen LogP contribution in [0.25, 0.3) is 0 Å². The summed E-state index contributed by atoms with van der Waals surface area (Å²) in [6.07, 6.45) is 4.56. The first kappa shape index (κ1) is 9.81. The van der Waals surface area contributed by atoms with E-state index in [1.807, 2.05) is 18.7 Å². The molecule has 3 heteroatoms. The van der Waals surface area contributed by atoms with Gasteiger partial charge in [0, 0.05) is 17.8 Å². The fourth-order valence-corrected chi connectivity index (χ4v) is 3.53. The molecule has 0 amide bonds. The predicted molar refractivity (Wildman–Crippen MR) is 57.1 cm³/mol. The van der Waals surface area contributed by atoms with Crippen molar-refractivity contribution >= 4 is 11.8 Å². The first-order chi connectivity index (χ1) is 6.18. The largest absolute Gasteiger partial charge is 0.389 e. The van der Waals surface area contributed by atoms with E-state index >= 15 is 0 Å². The molecule has 76 valence electrons. The summed E-state index contributed by atoms with van der Waals surface area (Å²) in [5.41, 5.74) is -0.451. The number of nitrogens with one attached hydrogen (secondary N) is 1. The first-order valence-electron chi connectivity index (χ1n) is 5.25. The summed E-state index contributed by atoms with van der Waals surface area (Å²) in [7, 11) is 0. The lowest BCUT2D eigenvalue weighted by Crippen LogP contribution is -2.48. The van der Waals surface area contributed by atoms with E-state index in [1.165, 1.54) is 24.3 Å². The van der Waals surface area contributed by atoms with Crippen molar-refractivity contribution < 1.29 is 5.11 Å². The number of hydrogen-bond donors (Lipinski definition) is 2. The first-order valence-corrected chi connectivity index (χ1v) is 6.40. The van der Waals surface area contributed by atoms with Gasteiger partial charge in [0.25, 0.3) is 0 Å². The minimum absolute atomic E-state index is 0.344. The van der Waals surface area contributed by atoms with Crippen LogP contribution in [0.15, 0.2) is 0 Å². The summed E-state index contributed by atoms with van der Waals surface area (Å²) in [6, 6.07) is 0.996. The minimum atomic E-state index is -0.451. The Morgan fingerprint density at radius 2 is 2.31 bits per heavy atom. The summed E-state index contributed by atoms with van der Waals surface area (Å²) in [6.45, 7) is 1.97. The Kier molecular flexibility index (Phi) is 2.86. The lowest BCUT2D eigenvalue weighted by Gasteiger charge is -2.29. The van der Waals surface area contributed by atoms with Crippen LogP contribution in [0, 0.1) is 0 Å². The zero-order valence-corrected chi connectivity index (χ0v) is 9.07. The molecule has 2 nitrogen and oxygen atoms in total. The predicted octanol–water partition coefficient (Wildman–Crippen LogP) is 1.39. The quantitative estimate of drug-likeness (QED) is 0.708. The van der Waals surface area contributed by atoms with E-state index in [1.54, 1.807) is 0 Å². The Hall–Kier alpha value is 0.270. The molecule has 1 saturated carbocycles. The number of aliphatic hydroxyl groups is 1. The molecule has 1 saturated heterocycles. The number of hydrogen-bond acceptors (Lipinski definition) is 3. The molecule has 1 heterocycles. The molecule has 0 radical (unpaired) electrons. The Morgan fingerprint density at radius 1 is 1.46 bits per heavy atom. The maximum absolute atomic E-state index is 10.0. The van der Waals surface area contributed by atoms with Crippen molar-refractivity contribution in [1.29, 1.82) is 0 Å². The molecule has 1 aliphatic carbocycles. The van der Waals surface area contributed by atoms with Crippen molar-refractivity contribution in [3.05, 3.63) is 0 Å². The third kappa shape index (κ3) is 2.20. The van der Waals surface area contributed by atoms with Gasteiger partial charge < -0.3 is 10.4 Å². The average molecular weight is 201 g/mol. The smallest absolute Gasteiger partial charge is 0.0772 e.